The van der Waals surface area contributed by atoms with Gasteiger partial charge in [-0.2, -0.15) is 0 Å². The summed E-state index contributed by atoms with van der Waals surface area (Å²) in [6.07, 6.45) is 9.95. The van der Waals surface area contributed by atoms with E-state index in [1.165, 1.54) is 0 Å². The number of cyclic esters (lactones) is 1. The lowest BCUT2D eigenvalue weighted by atomic mass is 9.94. The molecule has 1 saturated carbocycles. The van der Waals surface area contributed by atoms with Crippen LogP contribution in [-0.2, 0) is 32.1 Å². The lowest BCUT2D eigenvalue weighted by Crippen LogP contribution is -2.52. The van der Waals surface area contributed by atoms with Crippen LogP contribution in [0.4, 0.5) is 0 Å². The maximum atomic E-state index is 13.4. The number of esters is 1. The monoisotopic (exact) mass is 562 g/mol. The molecule has 41 heavy (non-hydrogen) atoms. The second-order valence-corrected chi connectivity index (χ2v) is 11.2. The highest BCUT2D eigenvalue weighted by Crippen LogP contribution is 2.31. The van der Waals surface area contributed by atoms with Crippen molar-refractivity contribution in [1.29, 1.82) is 0 Å². The summed E-state index contributed by atoms with van der Waals surface area (Å²) in [5.41, 5.74) is 1.48. The number of nitrogens with one attached hydrogen (secondary N) is 2. The van der Waals surface area contributed by atoms with E-state index in [0.29, 0.717) is 38.7 Å². The SMILES string of the molecule is O=C(C[C@H]1CC=CCCCC(=O)OCC2(CCCC2)NC1=O)N[C@H](CO)Cc1ccc(OCc2ccccc2)cc1. The van der Waals surface area contributed by atoms with Crippen LogP contribution in [0.2, 0.25) is 0 Å². The molecule has 2 amide bonds. The fourth-order valence-electron chi connectivity index (χ4n) is 5.46. The number of hydrogen-bond acceptors (Lipinski definition) is 6. The lowest BCUT2D eigenvalue weighted by molar-refractivity contribution is -0.147. The smallest absolute Gasteiger partial charge is 0.305 e. The molecular formula is C33H42N2O6. The molecule has 0 unspecified atom stereocenters. The van der Waals surface area contributed by atoms with E-state index in [-0.39, 0.29) is 37.4 Å². The highest BCUT2D eigenvalue weighted by atomic mass is 16.5. The van der Waals surface area contributed by atoms with Crippen molar-refractivity contribution >= 4 is 17.8 Å². The first-order valence-electron chi connectivity index (χ1n) is 14.7. The van der Waals surface area contributed by atoms with Crippen LogP contribution in [0.5, 0.6) is 5.75 Å². The molecule has 3 N–H and O–H groups in total. The number of allylic oxidation sites excluding steroid dienone is 2. The number of carbonyl (C=O) groups excluding carboxylic acids is 3. The molecule has 8 nitrogen and oxygen atoms in total. The second kappa shape index (κ2) is 15.4. The van der Waals surface area contributed by atoms with E-state index in [2.05, 4.69) is 10.6 Å². The van der Waals surface area contributed by atoms with Gasteiger partial charge in [0.05, 0.1) is 24.1 Å². The van der Waals surface area contributed by atoms with Crippen molar-refractivity contribution in [3.05, 3.63) is 77.9 Å². The van der Waals surface area contributed by atoms with Gasteiger partial charge < -0.3 is 25.2 Å². The molecule has 1 heterocycles. The Labute approximate surface area is 242 Å². The molecule has 8 heteroatoms. The Morgan fingerprint density at radius 1 is 1.02 bits per heavy atom. The fourth-order valence-corrected chi connectivity index (χ4v) is 5.46. The van der Waals surface area contributed by atoms with E-state index in [4.69, 9.17) is 9.47 Å². The quantitative estimate of drug-likeness (QED) is 0.309. The van der Waals surface area contributed by atoms with E-state index in [0.717, 1.165) is 42.6 Å². The molecule has 220 valence electrons. The molecule has 0 bridgehead atoms. The summed E-state index contributed by atoms with van der Waals surface area (Å²) in [4.78, 5) is 38.6. The van der Waals surface area contributed by atoms with Crippen LogP contribution in [0.1, 0.15) is 68.9 Å². The molecule has 2 aromatic carbocycles. The predicted molar refractivity (Wildman–Crippen MR) is 156 cm³/mol. The number of aliphatic hydroxyl groups excluding tert-OH is 1. The van der Waals surface area contributed by atoms with Crippen molar-refractivity contribution in [3.8, 4) is 5.75 Å². The summed E-state index contributed by atoms with van der Waals surface area (Å²) < 4.78 is 11.4. The van der Waals surface area contributed by atoms with E-state index < -0.39 is 17.5 Å². The van der Waals surface area contributed by atoms with Gasteiger partial charge >= 0.3 is 5.97 Å². The minimum Gasteiger partial charge on any atom is -0.489 e. The number of amides is 2. The molecule has 0 radical (unpaired) electrons. The molecule has 1 aliphatic carbocycles. The largest absolute Gasteiger partial charge is 0.489 e. The van der Waals surface area contributed by atoms with Crippen LogP contribution in [0, 0.1) is 5.92 Å². The summed E-state index contributed by atoms with van der Waals surface area (Å²) in [6.45, 7) is 0.432. The van der Waals surface area contributed by atoms with E-state index in [9.17, 15) is 19.5 Å². The van der Waals surface area contributed by atoms with Crippen molar-refractivity contribution in [2.75, 3.05) is 13.2 Å². The highest BCUT2D eigenvalue weighted by Gasteiger charge is 2.38. The molecular weight excluding hydrogens is 520 g/mol. The Balaban J connectivity index is 1.32. The van der Waals surface area contributed by atoms with E-state index in [1.807, 2.05) is 66.7 Å². The summed E-state index contributed by atoms with van der Waals surface area (Å²) in [6, 6.07) is 17.1. The summed E-state index contributed by atoms with van der Waals surface area (Å²) in [5.74, 6) is -0.529. The Kier molecular flexibility index (Phi) is 11.4. The first kappa shape index (κ1) is 30.3. The molecule has 2 atom stereocenters. The van der Waals surface area contributed by atoms with Gasteiger partial charge in [0.15, 0.2) is 0 Å². The number of hydrogen-bond donors (Lipinski definition) is 3. The Hall–Kier alpha value is -3.65. The van der Waals surface area contributed by atoms with Gasteiger partial charge in [-0.1, -0.05) is 67.5 Å². The summed E-state index contributed by atoms with van der Waals surface area (Å²) in [7, 11) is 0. The van der Waals surface area contributed by atoms with Gasteiger partial charge in [0.1, 0.15) is 19.0 Å². The molecule has 0 saturated heterocycles. The third-order valence-corrected chi connectivity index (χ3v) is 7.84. The number of carbonyl (C=O) groups is 3. The van der Waals surface area contributed by atoms with E-state index >= 15 is 0 Å². The third kappa shape index (κ3) is 9.74. The number of ether oxygens (including phenoxy) is 2. The highest BCUT2D eigenvalue weighted by molar-refractivity contribution is 5.86. The van der Waals surface area contributed by atoms with Crippen LogP contribution in [-0.4, -0.2) is 47.7 Å². The maximum Gasteiger partial charge on any atom is 0.305 e. The third-order valence-electron chi connectivity index (χ3n) is 7.84. The van der Waals surface area contributed by atoms with Gasteiger partial charge in [-0.15, -0.1) is 0 Å². The zero-order valence-corrected chi connectivity index (χ0v) is 23.7. The van der Waals surface area contributed by atoms with Crippen LogP contribution >= 0.6 is 0 Å². The van der Waals surface area contributed by atoms with Crippen LogP contribution in [0.25, 0.3) is 0 Å². The molecule has 4 rings (SSSR count). The molecule has 2 aromatic rings. The van der Waals surface area contributed by atoms with Gasteiger partial charge in [0.25, 0.3) is 0 Å². The summed E-state index contributed by atoms with van der Waals surface area (Å²) in [5, 5.41) is 16.0. The molecule has 1 fully saturated rings. The first-order chi connectivity index (χ1) is 19.9. The fraction of sp³-hybridized carbons (Fsp3) is 0.485. The van der Waals surface area contributed by atoms with Crippen molar-refractivity contribution in [3.63, 3.8) is 0 Å². The van der Waals surface area contributed by atoms with Gasteiger partial charge in [0, 0.05) is 12.8 Å². The number of benzene rings is 2. The van der Waals surface area contributed by atoms with Crippen molar-refractivity contribution in [1.82, 2.24) is 10.6 Å². The van der Waals surface area contributed by atoms with Crippen LogP contribution in [0.3, 0.4) is 0 Å². The average molecular weight is 563 g/mol. The first-order valence-corrected chi connectivity index (χ1v) is 14.7. The van der Waals surface area contributed by atoms with Gasteiger partial charge in [0.2, 0.25) is 11.8 Å². The Morgan fingerprint density at radius 2 is 1.78 bits per heavy atom. The van der Waals surface area contributed by atoms with Crippen molar-refractivity contribution in [2.45, 2.75) is 82.4 Å². The molecule has 1 spiro atoms. The molecule has 2 aliphatic rings. The zero-order valence-electron chi connectivity index (χ0n) is 23.7. The van der Waals surface area contributed by atoms with Gasteiger partial charge in [-0.25, -0.2) is 0 Å². The van der Waals surface area contributed by atoms with Crippen LogP contribution < -0.4 is 15.4 Å². The normalized spacial score (nSPS) is 20.2. The van der Waals surface area contributed by atoms with Gasteiger partial charge in [-0.05, 0) is 61.8 Å². The van der Waals surface area contributed by atoms with Crippen molar-refractivity contribution in [2.24, 2.45) is 5.92 Å². The van der Waals surface area contributed by atoms with E-state index in [1.54, 1.807) is 0 Å². The van der Waals surface area contributed by atoms with Crippen molar-refractivity contribution < 1.29 is 29.0 Å². The number of rotatable bonds is 9. The zero-order chi connectivity index (χ0) is 28.9. The average Bonchev–Trinajstić information content (AvgIpc) is 3.45. The lowest BCUT2D eigenvalue weighted by Gasteiger charge is -2.31. The topological polar surface area (TPSA) is 114 Å². The second-order valence-electron chi connectivity index (χ2n) is 11.2. The molecule has 0 aromatic heterocycles. The number of aliphatic hydroxyl groups is 1. The Morgan fingerprint density at radius 3 is 2.51 bits per heavy atom. The summed E-state index contributed by atoms with van der Waals surface area (Å²) >= 11 is 0. The Bertz CT molecular complexity index is 1160. The predicted octanol–water partition coefficient (Wildman–Crippen LogP) is 4.39. The minimum absolute atomic E-state index is 0.00873. The standard InChI is InChI=1S/C33H42N2O6/c36-22-28(20-25-14-16-29(17-15-25)40-23-26-10-4-3-5-11-26)34-30(37)21-27-12-6-1-2-7-13-31(38)41-24-33(35-32(27)39)18-8-9-19-33/h1,3-6,10-11,14-17,27-28,36H,2,7-9,12-13,18-24H2,(H,34,37)(H,35,39)/t27-,28+/m1/s1. The van der Waals surface area contributed by atoms with Gasteiger partial charge in [-0.3, -0.25) is 14.4 Å². The van der Waals surface area contributed by atoms with Crippen LogP contribution in [0.15, 0.2) is 66.7 Å². The maximum absolute atomic E-state index is 13.4. The molecule has 1 aliphatic heterocycles. The minimum atomic E-state index is -0.566.